The number of nitriles is 1. The summed E-state index contributed by atoms with van der Waals surface area (Å²) in [5, 5.41) is 12.3. The lowest BCUT2D eigenvalue weighted by atomic mass is 10.1. The van der Waals surface area contributed by atoms with Crippen molar-refractivity contribution >= 4 is 34.3 Å². The van der Waals surface area contributed by atoms with Crippen molar-refractivity contribution < 1.29 is 14.3 Å². The Morgan fingerprint density at radius 3 is 2.64 bits per heavy atom. The fourth-order valence-electron chi connectivity index (χ4n) is 2.11. The Hall–Kier alpha value is -2.98. The highest BCUT2D eigenvalue weighted by atomic mass is 32.1. The summed E-state index contributed by atoms with van der Waals surface area (Å²) in [6.45, 7) is 5.62. The zero-order valence-corrected chi connectivity index (χ0v) is 14.9. The largest absolute Gasteiger partial charge is 0.462 e. The molecule has 1 amide bonds. The first-order chi connectivity index (χ1) is 12.0. The zero-order chi connectivity index (χ0) is 18.4. The number of amides is 1. The Kier molecular flexibility index (Phi) is 6.03. The van der Waals surface area contributed by atoms with E-state index in [1.165, 1.54) is 17.4 Å². The molecule has 7 heteroatoms. The van der Waals surface area contributed by atoms with Gasteiger partial charge in [0, 0.05) is 17.3 Å². The van der Waals surface area contributed by atoms with Crippen molar-refractivity contribution in [3.05, 3.63) is 51.7 Å². The molecule has 2 heterocycles. The lowest BCUT2D eigenvalue weighted by molar-refractivity contribution is -0.112. The number of hydrogen-bond acceptors (Lipinski definition) is 6. The fourth-order valence-corrected chi connectivity index (χ4v) is 3.15. The molecule has 0 aliphatic heterocycles. The zero-order valence-electron chi connectivity index (χ0n) is 14.1. The maximum absolute atomic E-state index is 12.4. The molecule has 6 nitrogen and oxygen atoms in total. The lowest BCUT2D eigenvalue weighted by Gasteiger charge is -2.06. The second-order valence-electron chi connectivity index (χ2n) is 5.11. The van der Waals surface area contributed by atoms with E-state index in [2.05, 4.69) is 10.3 Å². The average Bonchev–Trinajstić information content (AvgIpc) is 2.87. The number of ether oxygens (including phenoxy) is 1. The third-order valence-corrected chi connectivity index (χ3v) is 4.60. The molecule has 0 fully saturated rings. The maximum atomic E-state index is 12.4. The molecule has 0 radical (unpaired) electrons. The van der Waals surface area contributed by atoms with Gasteiger partial charge in [0.1, 0.15) is 16.6 Å². The van der Waals surface area contributed by atoms with Crippen LogP contribution in [-0.4, -0.2) is 23.5 Å². The van der Waals surface area contributed by atoms with Gasteiger partial charge in [-0.3, -0.25) is 9.78 Å². The van der Waals surface area contributed by atoms with Crippen LogP contribution in [0.5, 0.6) is 0 Å². The SMILES string of the molecule is CCOC(=O)c1c(NC(=O)/C(C#N)=C/c2ccncc2)sc(C)c1C. The van der Waals surface area contributed by atoms with Gasteiger partial charge in [-0.05, 0) is 50.1 Å². The van der Waals surface area contributed by atoms with E-state index in [1.807, 2.05) is 13.0 Å². The van der Waals surface area contributed by atoms with Crippen molar-refractivity contribution in [3.63, 3.8) is 0 Å². The standard InChI is InChI=1S/C18H17N3O3S/c1-4-24-18(23)15-11(2)12(3)25-17(15)21-16(22)14(10-19)9-13-5-7-20-8-6-13/h5-9H,4H2,1-3H3,(H,21,22)/b14-9+. The monoisotopic (exact) mass is 355 g/mol. The Balaban J connectivity index is 2.31. The summed E-state index contributed by atoms with van der Waals surface area (Å²) < 4.78 is 5.06. The summed E-state index contributed by atoms with van der Waals surface area (Å²) in [4.78, 5) is 29.4. The molecule has 0 bridgehead atoms. The van der Waals surface area contributed by atoms with Crippen LogP contribution in [0.15, 0.2) is 30.1 Å². The van der Waals surface area contributed by atoms with E-state index < -0.39 is 11.9 Å². The van der Waals surface area contributed by atoms with Gasteiger partial charge < -0.3 is 10.1 Å². The van der Waals surface area contributed by atoms with E-state index in [4.69, 9.17) is 4.74 Å². The van der Waals surface area contributed by atoms with Gasteiger partial charge in [-0.1, -0.05) is 0 Å². The van der Waals surface area contributed by atoms with Gasteiger partial charge in [0.2, 0.25) is 0 Å². The molecular formula is C18H17N3O3S. The molecular weight excluding hydrogens is 338 g/mol. The number of anilines is 1. The second kappa shape index (κ2) is 8.22. The number of carbonyl (C=O) groups excluding carboxylic acids is 2. The van der Waals surface area contributed by atoms with Crippen LogP contribution in [0.3, 0.4) is 0 Å². The summed E-state index contributed by atoms with van der Waals surface area (Å²) in [6, 6.07) is 5.26. The van der Waals surface area contributed by atoms with Crippen LogP contribution < -0.4 is 5.32 Å². The van der Waals surface area contributed by atoms with Crippen molar-refractivity contribution in [2.45, 2.75) is 20.8 Å². The van der Waals surface area contributed by atoms with Crippen molar-refractivity contribution in [3.8, 4) is 6.07 Å². The van der Waals surface area contributed by atoms with Gasteiger partial charge in [-0.25, -0.2) is 4.79 Å². The van der Waals surface area contributed by atoms with Gasteiger partial charge in [0.15, 0.2) is 0 Å². The smallest absolute Gasteiger partial charge is 0.341 e. The number of thiophene rings is 1. The van der Waals surface area contributed by atoms with Gasteiger partial charge in [0.25, 0.3) is 5.91 Å². The Morgan fingerprint density at radius 1 is 1.36 bits per heavy atom. The van der Waals surface area contributed by atoms with Gasteiger partial charge in [-0.2, -0.15) is 5.26 Å². The quantitative estimate of drug-likeness (QED) is 0.503. The molecule has 2 aromatic heterocycles. The number of aryl methyl sites for hydroxylation is 1. The summed E-state index contributed by atoms with van der Waals surface area (Å²) in [5.41, 5.74) is 1.71. The minimum absolute atomic E-state index is 0.0651. The van der Waals surface area contributed by atoms with E-state index >= 15 is 0 Å². The highest BCUT2D eigenvalue weighted by Crippen LogP contribution is 2.33. The molecule has 0 saturated heterocycles. The molecule has 25 heavy (non-hydrogen) atoms. The molecule has 128 valence electrons. The molecule has 0 aromatic carbocycles. The number of esters is 1. The molecule has 0 spiro atoms. The predicted molar refractivity (Wildman–Crippen MR) is 96.2 cm³/mol. The van der Waals surface area contributed by atoms with Gasteiger partial charge >= 0.3 is 5.97 Å². The van der Waals surface area contributed by atoms with Crippen molar-refractivity contribution in [2.75, 3.05) is 11.9 Å². The predicted octanol–water partition coefficient (Wildman–Crippen LogP) is 3.48. The summed E-state index contributed by atoms with van der Waals surface area (Å²) in [6.07, 6.45) is 4.61. The number of carbonyl (C=O) groups is 2. The Morgan fingerprint density at radius 2 is 2.04 bits per heavy atom. The first kappa shape index (κ1) is 18.4. The van der Waals surface area contributed by atoms with Gasteiger partial charge in [-0.15, -0.1) is 11.3 Å². The van der Waals surface area contributed by atoms with Crippen LogP contribution in [0, 0.1) is 25.2 Å². The Bertz CT molecular complexity index is 864. The van der Waals surface area contributed by atoms with Crippen molar-refractivity contribution in [1.29, 1.82) is 5.26 Å². The van der Waals surface area contributed by atoms with Crippen LogP contribution in [0.1, 0.15) is 33.3 Å². The average molecular weight is 355 g/mol. The van der Waals surface area contributed by atoms with E-state index in [-0.39, 0.29) is 12.2 Å². The van der Waals surface area contributed by atoms with Crippen LogP contribution in [-0.2, 0) is 9.53 Å². The number of pyridine rings is 1. The molecule has 1 N–H and O–H groups in total. The number of aromatic nitrogens is 1. The molecule has 0 saturated carbocycles. The number of rotatable bonds is 5. The number of hydrogen-bond donors (Lipinski definition) is 1. The topological polar surface area (TPSA) is 92.1 Å². The van der Waals surface area contributed by atoms with E-state index in [9.17, 15) is 14.9 Å². The number of nitrogens with zero attached hydrogens (tertiary/aromatic N) is 2. The highest BCUT2D eigenvalue weighted by Gasteiger charge is 2.23. The fraction of sp³-hybridized carbons (Fsp3) is 0.222. The van der Waals surface area contributed by atoms with Crippen LogP contribution in [0.2, 0.25) is 0 Å². The minimum atomic E-state index is -0.578. The normalized spacial score (nSPS) is 10.9. The second-order valence-corrected chi connectivity index (χ2v) is 6.34. The summed E-state index contributed by atoms with van der Waals surface area (Å²) in [5.74, 6) is -1.07. The maximum Gasteiger partial charge on any atom is 0.341 e. The minimum Gasteiger partial charge on any atom is -0.462 e. The van der Waals surface area contributed by atoms with E-state index in [1.54, 1.807) is 38.4 Å². The first-order valence-corrected chi connectivity index (χ1v) is 8.39. The molecule has 0 atom stereocenters. The summed E-state index contributed by atoms with van der Waals surface area (Å²) in [7, 11) is 0. The molecule has 0 aliphatic rings. The third kappa shape index (κ3) is 4.31. The first-order valence-electron chi connectivity index (χ1n) is 7.58. The van der Waals surface area contributed by atoms with Crippen LogP contribution in [0.25, 0.3) is 6.08 Å². The lowest BCUT2D eigenvalue weighted by Crippen LogP contribution is -2.16. The van der Waals surface area contributed by atoms with E-state index in [0.29, 0.717) is 16.1 Å². The molecule has 0 unspecified atom stereocenters. The Labute approximate surface area is 149 Å². The van der Waals surface area contributed by atoms with Crippen LogP contribution >= 0.6 is 11.3 Å². The van der Waals surface area contributed by atoms with Crippen LogP contribution in [0.4, 0.5) is 5.00 Å². The number of nitrogens with one attached hydrogen (secondary N) is 1. The van der Waals surface area contributed by atoms with E-state index in [0.717, 1.165) is 10.4 Å². The van der Waals surface area contributed by atoms with Crippen molar-refractivity contribution in [2.24, 2.45) is 0 Å². The molecule has 2 aromatic rings. The van der Waals surface area contributed by atoms with Gasteiger partial charge in [0.05, 0.1) is 12.2 Å². The van der Waals surface area contributed by atoms with Crippen molar-refractivity contribution in [1.82, 2.24) is 4.98 Å². The molecule has 2 rings (SSSR count). The molecule has 0 aliphatic carbocycles. The highest BCUT2D eigenvalue weighted by molar-refractivity contribution is 7.16. The third-order valence-electron chi connectivity index (χ3n) is 3.47. The summed E-state index contributed by atoms with van der Waals surface area (Å²) >= 11 is 1.28.